The highest BCUT2D eigenvalue weighted by atomic mass is 32.2. The third-order valence-corrected chi connectivity index (χ3v) is 6.38. The minimum absolute atomic E-state index is 0.0145. The number of sulfonamides is 1. The van der Waals surface area contributed by atoms with Gasteiger partial charge in [-0.15, -0.1) is 0 Å². The summed E-state index contributed by atoms with van der Waals surface area (Å²) in [5.41, 5.74) is 1.20. The van der Waals surface area contributed by atoms with E-state index in [1.807, 2.05) is 13.0 Å². The largest absolute Gasteiger partial charge is 0.495 e. The summed E-state index contributed by atoms with van der Waals surface area (Å²) >= 11 is 0. The molecule has 0 saturated carbocycles. The number of ether oxygens (including phenoxy) is 1. The number of anilines is 2. The van der Waals surface area contributed by atoms with Crippen LogP contribution in [0.4, 0.5) is 17.1 Å². The van der Waals surface area contributed by atoms with Crippen LogP contribution in [0.3, 0.4) is 0 Å². The minimum atomic E-state index is -4.13. The Morgan fingerprint density at radius 3 is 2.31 bits per heavy atom. The van der Waals surface area contributed by atoms with Gasteiger partial charge in [-0.1, -0.05) is 24.3 Å². The molecule has 0 saturated heterocycles. The van der Waals surface area contributed by atoms with Crippen molar-refractivity contribution in [3.05, 3.63) is 88.5 Å². The lowest BCUT2D eigenvalue weighted by Crippen LogP contribution is -2.38. The van der Waals surface area contributed by atoms with E-state index in [1.54, 1.807) is 30.3 Å². The molecule has 32 heavy (non-hydrogen) atoms. The third-order valence-electron chi connectivity index (χ3n) is 4.60. The quantitative estimate of drug-likeness (QED) is 0.408. The first-order chi connectivity index (χ1) is 15.2. The summed E-state index contributed by atoms with van der Waals surface area (Å²) in [6.07, 6.45) is 0. The van der Waals surface area contributed by atoms with Crippen molar-refractivity contribution in [2.75, 3.05) is 23.3 Å². The van der Waals surface area contributed by atoms with Gasteiger partial charge in [-0.3, -0.25) is 19.2 Å². The second kappa shape index (κ2) is 9.48. The molecule has 0 spiro atoms. The van der Waals surface area contributed by atoms with Crippen LogP contribution in [0, 0.1) is 17.0 Å². The molecule has 0 aliphatic carbocycles. The number of rotatable bonds is 8. The normalized spacial score (nSPS) is 10.9. The Kier molecular flexibility index (Phi) is 6.74. The first-order valence-electron chi connectivity index (χ1n) is 9.49. The van der Waals surface area contributed by atoms with Gasteiger partial charge in [0.05, 0.1) is 28.3 Å². The first kappa shape index (κ1) is 22.8. The number of nitrogens with zero attached hydrogens (tertiary/aromatic N) is 2. The van der Waals surface area contributed by atoms with Crippen molar-refractivity contribution in [1.82, 2.24) is 0 Å². The van der Waals surface area contributed by atoms with Gasteiger partial charge < -0.3 is 10.1 Å². The van der Waals surface area contributed by atoms with Crippen molar-refractivity contribution < 1.29 is 22.9 Å². The number of benzene rings is 3. The van der Waals surface area contributed by atoms with E-state index < -0.39 is 27.4 Å². The van der Waals surface area contributed by atoms with E-state index in [0.29, 0.717) is 11.4 Å². The summed E-state index contributed by atoms with van der Waals surface area (Å²) in [5.74, 6) is -0.177. The number of amides is 1. The van der Waals surface area contributed by atoms with Crippen LogP contribution in [0.25, 0.3) is 0 Å². The number of nitro benzene ring substituents is 1. The predicted molar refractivity (Wildman–Crippen MR) is 120 cm³/mol. The molecule has 0 heterocycles. The molecule has 1 N–H and O–H groups in total. The van der Waals surface area contributed by atoms with Crippen LogP contribution < -0.4 is 14.4 Å². The number of nitrogens with one attached hydrogen (secondary N) is 1. The van der Waals surface area contributed by atoms with E-state index in [0.717, 1.165) is 9.87 Å². The summed E-state index contributed by atoms with van der Waals surface area (Å²) in [5, 5.41) is 13.6. The van der Waals surface area contributed by atoms with Gasteiger partial charge in [-0.25, -0.2) is 8.42 Å². The third kappa shape index (κ3) is 5.03. The van der Waals surface area contributed by atoms with E-state index in [-0.39, 0.29) is 16.3 Å². The van der Waals surface area contributed by atoms with Crippen molar-refractivity contribution >= 4 is 33.0 Å². The van der Waals surface area contributed by atoms with Crippen molar-refractivity contribution in [1.29, 1.82) is 0 Å². The van der Waals surface area contributed by atoms with Gasteiger partial charge in [0.2, 0.25) is 5.91 Å². The Bertz CT molecular complexity index is 1230. The highest BCUT2D eigenvalue weighted by Crippen LogP contribution is 2.28. The lowest BCUT2D eigenvalue weighted by Gasteiger charge is -2.24. The summed E-state index contributed by atoms with van der Waals surface area (Å²) in [6, 6.07) is 17.8. The molecule has 9 nitrogen and oxygen atoms in total. The molecule has 0 fully saturated rings. The Hall–Kier alpha value is -3.92. The molecule has 0 radical (unpaired) electrons. The number of hydrogen-bond acceptors (Lipinski definition) is 6. The van der Waals surface area contributed by atoms with Gasteiger partial charge in [0.25, 0.3) is 15.7 Å². The summed E-state index contributed by atoms with van der Waals surface area (Å²) < 4.78 is 32.8. The van der Waals surface area contributed by atoms with Crippen LogP contribution in [-0.2, 0) is 14.8 Å². The molecule has 0 aliphatic heterocycles. The minimum Gasteiger partial charge on any atom is -0.495 e. The number of carbonyl (C=O) groups is 1. The van der Waals surface area contributed by atoms with Gasteiger partial charge in [0, 0.05) is 12.1 Å². The molecule has 0 unspecified atom stereocenters. The van der Waals surface area contributed by atoms with Gasteiger partial charge in [-0.05, 0) is 48.9 Å². The molecule has 3 aromatic carbocycles. The monoisotopic (exact) mass is 455 g/mol. The van der Waals surface area contributed by atoms with Crippen LogP contribution >= 0.6 is 0 Å². The molecule has 0 aliphatic rings. The Balaban J connectivity index is 1.97. The zero-order valence-corrected chi connectivity index (χ0v) is 18.2. The van der Waals surface area contributed by atoms with Crippen LogP contribution in [0.1, 0.15) is 5.56 Å². The average Bonchev–Trinajstić information content (AvgIpc) is 2.78. The first-order valence-corrected chi connectivity index (χ1v) is 10.9. The van der Waals surface area contributed by atoms with Gasteiger partial charge >= 0.3 is 0 Å². The van der Waals surface area contributed by atoms with Crippen LogP contribution in [0.15, 0.2) is 77.7 Å². The number of non-ortho nitro benzene ring substituents is 1. The fourth-order valence-electron chi connectivity index (χ4n) is 3.02. The summed E-state index contributed by atoms with van der Waals surface area (Å²) in [7, 11) is -2.67. The lowest BCUT2D eigenvalue weighted by molar-refractivity contribution is -0.384. The maximum Gasteiger partial charge on any atom is 0.269 e. The second-order valence-electron chi connectivity index (χ2n) is 6.85. The zero-order valence-electron chi connectivity index (χ0n) is 17.4. The summed E-state index contributed by atoms with van der Waals surface area (Å²) in [6.45, 7) is 1.30. The fraction of sp³-hybridized carbons (Fsp3) is 0.136. The Labute approximate surface area is 185 Å². The van der Waals surface area contributed by atoms with E-state index >= 15 is 0 Å². The number of carbonyl (C=O) groups excluding carboxylic acids is 1. The molecule has 0 atom stereocenters. The van der Waals surface area contributed by atoms with Crippen molar-refractivity contribution in [2.24, 2.45) is 0 Å². The zero-order chi connectivity index (χ0) is 23.3. The highest BCUT2D eigenvalue weighted by Gasteiger charge is 2.28. The van der Waals surface area contributed by atoms with Gasteiger partial charge in [0.15, 0.2) is 0 Å². The lowest BCUT2D eigenvalue weighted by atomic mass is 10.2. The van der Waals surface area contributed by atoms with Crippen LogP contribution in [0.2, 0.25) is 0 Å². The van der Waals surface area contributed by atoms with Crippen LogP contribution in [0.5, 0.6) is 5.75 Å². The number of aryl methyl sites for hydroxylation is 1. The predicted octanol–water partition coefficient (Wildman–Crippen LogP) is 3.75. The van der Waals surface area contributed by atoms with Crippen LogP contribution in [-0.4, -0.2) is 32.9 Å². The van der Waals surface area contributed by atoms with Crippen molar-refractivity contribution in [3.8, 4) is 5.75 Å². The maximum absolute atomic E-state index is 13.3. The fourth-order valence-corrected chi connectivity index (χ4v) is 4.46. The van der Waals surface area contributed by atoms with E-state index in [2.05, 4.69) is 5.32 Å². The van der Waals surface area contributed by atoms with Gasteiger partial charge in [0.1, 0.15) is 12.3 Å². The molecule has 0 bridgehead atoms. The summed E-state index contributed by atoms with van der Waals surface area (Å²) in [4.78, 5) is 23.2. The topological polar surface area (TPSA) is 119 Å². The molecule has 3 rings (SSSR count). The molecular formula is C22H21N3O6S. The second-order valence-corrected chi connectivity index (χ2v) is 8.71. The smallest absolute Gasteiger partial charge is 0.269 e. The molecule has 166 valence electrons. The number of methoxy groups -OCH3 is 1. The van der Waals surface area contributed by atoms with Gasteiger partial charge in [-0.2, -0.15) is 0 Å². The Morgan fingerprint density at radius 2 is 1.72 bits per heavy atom. The molecule has 3 aromatic rings. The SMILES string of the molecule is COc1ccc(C)cc1NC(=O)CN(c1ccc([N+](=O)[O-])cc1)S(=O)(=O)c1ccccc1. The molecule has 1 amide bonds. The molecule has 10 heteroatoms. The van der Waals surface area contributed by atoms with E-state index in [4.69, 9.17) is 4.74 Å². The Morgan fingerprint density at radius 1 is 1.06 bits per heavy atom. The maximum atomic E-state index is 13.3. The number of hydrogen-bond donors (Lipinski definition) is 1. The average molecular weight is 455 g/mol. The van der Waals surface area contributed by atoms with E-state index in [1.165, 1.54) is 43.5 Å². The molecular weight excluding hydrogens is 434 g/mol. The standard InChI is InChI=1S/C22H21N3O6S/c1-16-8-13-21(31-2)20(14-16)23-22(26)15-24(17-9-11-18(12-10-17)25(27)28)32(29,30)19-6-4-3-5-7-19/h3-14H,15H2,1-2H3,(H,23,26). The van der Waals surface area contributed by atoms with Crippen molar-refractivity contribution in [2.45, 2.75) is 11.8 Å². The number of nitro groups is 1. The molecule has 0 aromatic heterocycles. The highest BCUT2D eigenvalue weighted by molar-refractivity contribution is 7.92. The van der Waals surface area contributed by atoms with E-state index in [9.17, 15) is 23.3 Å². The van der Waals surface area contributed by atoms with Crippen molar-refractivity contribution in [3.63, 3.8) is 0 Å².